The molecule has 0 aliphatic carbocycles. The molecule has 0 fully saturated rings. The number of aliphatic carboxylic acids is 1. The van der Waals surface area contributed by atoms with Gasteiger partial charge in [0.05, 0.1) is 15.6 Å². The van der Waals surface area contributed by atoms with Crippen LogP contribution in [0.3, 0.4) is 0 Å². The molecule has 4 rings (SSSR count). The highest BCUT2D eigenvalue weighted by atomic mass is 35.5. The SMILES string of the molecule is CS(=O)c1cc(F)cc(C[C@H](NC(=O)c2c(Cl)cc3c(c2Cl)CCN(C(=O)c2ccc(Cl)cc2)C3)C(=O)O)c1. The highest BCUT2D eigenvalue weighted by Gasteiger charge is 2.30. The largest absolute Gasteiger partial charge is 0.480 e. The maximum atomic E-state index is 14.0. The molecule has 204 valence electrons. The molecule has 0 aromatic heterocycles. The van der Waals surface area contributed by atoms with E-state index in [0.29, 0.717) is 34.7 Å². The van der Waals surface area contributed by atoms with Crippen LogP contribution in [-0.4, -0.2) is 50.8 Å². The molecule has 2 N–H and O–H groups in total. The molecule has 39 heavy (non-hydrogen) atoms. The molecule has 0 saturated heterocycles. The van der Waals surface area contributed by atoms with Crippen molar-refractivity contribution < 1.29 is 28.1 Å². The molecule has 3 aromatic carbocycles. The fraction of sp³-hybridized carbons (Fsp3) is 0.222. The third-order valence-corrected chi connectivity index (χ3v) is 8.18. The van der Waals surface area contributed by atoms with Gasteiger partial charge in [0.2, 0.25) is 0 Å². The molecule has 1 aliphatic heterocycles. The van der Waals surface area contributed by atoms with E-state index in [1.807, 2.05) is 0 Å². The Morgan fingerprint density at radius 2 is 1.79 bits per heavy atom. The minimum atomic E-state index is -1.48. The Balaban J connectivity index is 1.55. The quantitative estimate of drug-likeness (QED) is 0.385. The predicted molar refractivity (Wildman–Crippen MR) is 148 cm³/mol. The summed E-state index contributed by atoms with van der Waals surface area (Å²) in [5.74, 6) is -3.02. The van der Waals surface area contributed by atoms with Crippen molar-refractivity contribution in [3.8, 4) is 0 Å². The lowest BCUT2D eigenvalue weighted by atomic mass is 9.95. The van der Waals surface area contributed by atoms with Gasteiger partial charge in [-0.15, -0.1) is 0 Å². The number of hydrogen-bond acceptors (Lipinski definition) is 4. The van der Waals surface area contributed by atoms with E-state index >= 15 is 0 Å². The van der Waals surface area contributed by atoms with Crippen LogP contribution in [0.15, 0.2) is 53.4 Å². The van der Waals surface area contributed by atoms with Gasteiger partial charge in [0, 0.05) is 52.0 Å². The van der Waals surface area contributed by atoms with Crippen LogP contribution in [0.1, 0.15) is 37.4 Å². The number of benzene rings is 3. The lowest BCUT2D eigenvalue weighted by molar-refractivity contribution is -0.139. The van der Waals surface area contributed by atoms with E-state index in [1.165, 1.54) is 12.3 Å². The Kier molecular flexibility index (Phi) is 8.96. The molecule has 1 heterocycles. The van der Waals surface area contributed by atoms with Gasteiger partial charge < -0.3 is 15.3 Å². The summed E-state index contributed by atoms with van der Waals surface area (Å²) in [4.78, 5) is 39.9. The maximum Gasteiger partial charge on any atom is 0.326 e. The van der Waals surface area contributed by atoms with Crippen molar-refractivity contribution >= 4 is 63.4 Å². The number of fused-ring (bicyclic) bond motifs is 1. The Labute approximate surface area is 241 Å². The standard InChI is InChI=1S/C27H22Cl3FN2O5S/c1-39(38)19-9-14(8-18(31)12-19)10-22(27(36)37)32-25(34)23-21(29)11-16-13-33(7-6-20(16)24(23)30)26(35)15-2-4-17(28)5-3-15/h2-5,8-9,11-12,22H,6-7,10,13H2,1H3,(H,32,34)(H,36,37)/t22-,39?/m0/s1. The van der Waals surface area contributed by atoms with Gasteiger partial charge >= 0.3 is 5.97 Å². The summed E-state index contributed by atoms with van der Waals surface area (Å²) in [5, 5.41) is 12.7. The van der Waals surface area contributed by atoms with Crippen molar-refractivity contribution in [2.75, 3.05) is 12.8 Å². The average Bonchev–Trinajstić information content (AvgIpc) is 2.87. The average molecular weight is 612 g/mol. The Morgan fingerprint density at radius 3 is 2.44 bits per heavy atom. The normalized spacial score (nSPS) is 14.3. The van der Waals surface area contributed by atoms with Crippen LogP contribution >= 0.6 is 34.8 Å². The van der Waals surface area contributed by atoms with Crippen molar-refractivity contribution in [1.29, 1.82) is 0 Å². The first kappa shape index (κ1) is 29.0. The van der Waals surface area contributed by atoms with Crippen molar-refractivity contribution in [2.24, 2.45) is 0 Å². The highest BCUT2D eigenvalue weighted by molar-refractivity contribution is 7.84. The first-order chi connectivity index (χ1) is 18.4. The number of nitrogens with zero attached hydrogens (tertiary/aromatic N) is 1. The summed E-state index contributed by atoms with van der Waals surface area (Å²) in [6.07, 6.45) is 1.47. The van der Waals surface area contributed by atoms with Crippen LogP contribution in [0.5, 0.6) is 0 Å². The van der Waals surface area contributed by atoms with Gasteiger partial charge in [0.25, 0.3) is 11.8 Å². The number of nitrogens with one attached hydrogen (secondary N) is 1. The molecule has 2 atom stereocenters. The number of carboxylic acids is 1. The number of halogens is 4. The summed E-state index contributed by atoms with van der Waals surface area (Å²) in [7, 11) is -1.48. The number of amides is 2. The highest BCUT2D eigenvalue weighted by Crippen LogP contribution is 2.35. The van der Waals surface area contributed by atoms with E-state index in [1.54, 1.807) is 35.2 Å². The predicted octanol–water partition coefficient (Wildman–Crippen LogP) is 5.15. The zero-order chi connectivity index (χ0) is 28.4. The van der Waals surface area contributed by atoms with Crippen LogP contribution in [0.25, 0.3) is 0 Å². The molecule has 1 unspecified atom stereocenters. The van der Waals surface area contributed by atoms with Gasteiger partial charge in [0.1, 0.15) is 11.9 Å². The molecule has 0 radical (unpaired) electrons. The van der Waals surface area contributed by atoms with Crippen LogP contribution < -0.4 is 5.32 Å². The van der Waals surface area contributed by atoms with E-state index in [-0.39, 0.29) is 44.9 Å². The second-order valence-corrected chi connectivity index (χ2v) is 11.6. The first-order valence-corrected chi connectivity index (χ1v) is 14.3. The number of carboxylic acid groups (broad SMARTS) is 1. The molecule has 2 amide bonds. The summed E-state index contributed by atoms with van der Waals surface area (Å²) in [6.45, 7) is 0.561. The summed E-state index contributed by atoms with van der Waals surface area (Å²) in [5.41, 5.74) is 1.95. The van der Waals surface area contributed by atoms with Gasteiger partial charge in [-0.3, -0.25) is 13.8 Å². The molecule has 12 heteroatoms. The van der Waals surface area contributed by atoms with Crippen molar-refractivity contribution in [3.05, 3.63) is 97.2 Å². The smallest absolute Gasteiger partial charge is 0.326 e. The van der Waals surface area contributed by atoms with Gasteiger partial charge in [-0.05, 0) is 71.6 Å². The lowest BCUT2D eigenvalue weighted by Gasteiger charge is -2.30. The minimum Gasteiger partial charge on any atom is -0.480 e. The molecule has 1 aliphatic rings. The van der Waals surface area contributed by atoms with E-state index in [2.05, 4.69) is 5.32 Å². The number of carbonyl (C=O) groups is 3. The van der Waals surface area contributed by atoms with Crippen molar-refractivity contribution in [1.82, 2.24) is 10.2 Å². The number of rotatable bonds is 7. The van der Waals surface area contributed by atoms with Crippen molar-refractivity contribution in [3.63, 3.8) is 0 Å². The minimum absolute atomic E-state index is 0.00407. The molecule has 0 bridgehead atoms. The third kappa shape index (κ3) is 6.61. The Bertz CT molecular complexity index is 1500. The van der Waals surface area contributed by atoms with Crippen LogP contribution in [0.4, 0.5) is 4.39 Å². The van der Waals surface area contributed by atoms with Gasteiger partial charge in [-0.25, -0.2) is 9.18 Å². The zero-order valence-corrected chi connectivity index (χ0v) is 23.6. The topological polar surface area (TPSA) is 104 Å². The molecule has 7 nitrogen and oxygen atoms in total. The Morgan fingerprint density at radius 1 is 1.10 bits per heavy atom. The monoisotopic (exact) mass is 610 g/mol. The van der Waals surface area contributed by atoms with E-state index in [0.717, 1.165) is 12.1 Å². The molecular weight excluding hydrogens is 590 g/mol. The van der Waals surface area contributed by atoms with E-state index in [4.69, 9.17) is 34.8 Å². The Hall–Kier alpha value is -2.98. The van der Waals surface area contributed by atoms with Crippen LogP contribution in [0, 0.1) is 5.82 Å². The maximum absolute atomic E-state index is 14.0. The summed E-state index contributed by atoms with van der Waals surface area (Å²) in [6, 6.07) is 10.3. The van der Waals surface area contributed by atoms with E-state index < -0.39 is 34.5 Å². The second-order valence-electron chi connectivity index (χ2n) is 8.99. The van der Waals surface area contributed by atoms with Crippen LogP contribution in [0.2, 0.25) is 15.1 Å². The third-order valence-electron chi connectivity index (χ3n) is 6.32. The first-order valence-electron chi connectivity index (χ1n) is 11.7. The number of hydrogen-bond donors (Lipinski definition) is 2. The fourth-order valence-electron chi connectivity index (χ4n) is 4.38. The van der Waals surface area contributed by atoms with Crippen molar-refractivity contribution in [2.45, 2.75) is 30.3 Å². The lowest BCUT2D eigenvalue weighted by Crippen LogP contribution is -2.42. The molecular formula is C27H22Cl3FN2O5S. The molecule has 3 aromatic rings. The number of carbonyl (C=O) groups excluding carboxylic acids is 2. The van der Waals surface area contributed by atoms with E-state index in [9.17, 15) is 28.1 Å². The van der Waals surface area contributed by atoms with Crippen LogP contribution in [-0.2, 0) is 35.0 Å². The summed E-state index contributed by atoms with van der Waals surface area (Å²) >= 11 is 18.9. The fourth-order valence-corrected chi connectivity index (χ4v) is 5.86. The summed E-state index contributed by atoms with van der Waals surface area (Å²) < 4.78 is 25.8. The van der Waals surface area contributed by atoms with Gasteiger partial charge in [-0.1, -0.05) is 34.8 Å². The molecule has 0 saturated carbocycles. The zero-order valence-electron chi connectivity index (χ0n) is 20.5. The second kappa shape index (κ2) is 12.0. The van der Waals surface area contributed by atoms with Gasteiger partial charge in [0.15, 0.2) is 0 Å². The van der Waals surface area contributed by atoms with Gasteiger partial charge in [-0.2, -0.15) is 0 Å². The molecule has 0 spiro atoms.